The van der Waals surface area contributed by atoms with Crippen molar-refractivity contribution in [2.45, 2.75) is 46.7 Å². The van der Waals surface area contributed by atoms with E-state index in [1.54, 1.807) is 0 Å². The minimum Gasteiger partial charge on any atom is -0.301 e. The van der Waals surface area contributed by atoms with Crippen molar-refractivity contribution in [3.8, 4) is 6.07 Å². The maximum Gasteiger partial charge on any atom is 0.108 e. The number of nitrogens with zero attached hydrogens (tertiary/aromatic N) is 2. The van der Waals surface area contributed by atoms with Crippen molar-refractivity contribution in [1.82, 2.24) is 10.2 Å². The fourth-order valence-electron chi connectivity index (χ4n) is 1.60. The minimum absolute atomic E-state index is 0.0452. The van der Waals surface area contributed by atoms with E-state index in [1.165, 1.54) is 0 Å². The summed E-state index contributed by atoms with van der Waals surface area (Å²) in [4.78, 5) is 2.36. The van der Waals surface area contributed by atoms with Crippen molar-refractivity contribution in [1.29, 1.82) is 5.26 Å². The Morgan fingerprint density at radius 1 is 1.20 bits per heavy atom. The van der Waals surface area contributed by atoms with Crippen LogP contribution in [0.4, 0.5) is 0 Å². The third-order valence-corrected chi connectivity index (χ3v) is 2.35. The van der Waals surface area contributed by atoms with Crippen molar-refractivity contribution in [2.75, 3.05) is 19.6 Å². The molecule has 1 atom stereocenters. The molecule has 0 aliphatic heterocycles. The van der Waals surface area contributed by atoms with Crippen molar-refractivity contribution < 1.29 is 0 Å². The Balaban J connectivity index is 4.20. The normalized spacial score (nSPS) is 13.5. The van der Waals surface area contributed by atoms with E-state index < -0.39 is 0 Å². The molecule has 3 nitrogen and oxygen atoms in total. The summed E-state index contributed by atoms with van der Waals surface area (Å²) in [5.74, 6) is 0.647. The Bertz CT molecular complexity index is 194. The average molecular weight is 211 g/mol. The summed E-state index contributed by atoms with van der Waals surface area (Å²) >= 11 is 0. The van der Waals surface area contributed by atoms with Crippen molar-refractivity contribution in [3.63, 3.8) is 0 Å². The van der Waals surface area contributed by atoms with Gasteiger partial charge in [0, 0.05) is 19.1 Å². The van der Waals surface area contributed by atoms with Crippen LogP contribution in [0.2, 0.25) is 0 Å². The molecule has 0 aliphatic rings. The zero-order valence-corrected chi connectivity index (χ0v) is 10.7. The lowest BCUT2D eigenvalue weighted by Gasteiger charge is -2.30. The molecule has 0 amide bonds. The smallest absolute Gasteiger partial charge is 0.108 e. The van der Waals surface area contributed by atoms with Gasteiger partial charge in [0.1, 0.15) is 6.04 Å². The number of rotatable bonds is 7. The third-order valence-electron chi connectivity index (χ3n) is 2.35. The molecule has 0 heterocycles. The van der Waals surface area contributed by atoms with Gasteiger partial charge in [-0.1, -0.05) is 20.8 Å². The van der Waals surface area contributed by atoms with Crippen LogP contribution >= 0.6 is 0 Å². The van der Waals surface area contributed by atoms with Crippen LogP contribution in [0.5, 0.6) is 0 Å². The lowest BCUT2D eigenvalue weighted by molar-refractivity contribution is 0.188. The molecule has 88 valence electrons. The lowest BCUT2D eigenvalue weighted by Crippen LogP contribution is -2.44. The van der Waals surface area contributed by atoms with Gasteiger partial charge in [-0.3, -0.25) is 4.90 Å². The predicted octanol–water partition coefficient (Wildman–Crippen LogP) is 1.85. The molecule has 0 spiro atoms. The molecule has 15 heavy (non-hydrogen) atoms. The average Bonchev–Trinajstić information content (AvgIpc) is 2.14. The molecule has 0 saturated heterocycles. The van der Waals surface area contributed by atoms with Crippen LogP contribution in [0, 0.1) is 17.2 Å². The molecule has 0 aromatic carbocycles. The second kappa shape index (κ2) is 7.67. The summed E-state index contributed by atoms with van der Waals surface area (Å²) in [7, 11) is 0. The van der Waals surface area contributed by atoms with E-state index in [9.17, 15) is 0 Å². The number of nitrogens with one attached hydrogen (secondary N) is 1. The predicted molar refractivity (Wildman–Crippen MR) is 64.6 cm³/mol. The maximum absolute atomic E-state index is 8.98. The molecular formula is C12H25N3. The highest BCUT2D eigenvalue weighted by Crippen LogP contribution is 2.05. The van der Waals surface area contributed by atoms with Gasteiger partial charge in [0.15, 0.2) is 0 Å². The van der Waals surface area contributed by atoms with E-state index >= 15 is 0 Å². The van der Waals surface area contributed by atoms with E-state index in [1.807, 2.05) is 6.92 Å². The van der Waals surface area contributed by atoms with Gasteiger partial charge in [-0.15, -0.1) is 0 Å². The Labute approximate surface area is 94.5 Å². The van der Waals surface area contributed by atoms with E-state index in [2.05, 4.69) is 44.0 Å². The molecule has 1 unspecified atom stereocenters. The Hall–Kier alpha value is -0.590. The largest absolute Gasteiger partial charge is 0.301 e. The summed E-state index contributed by atoms with van der Waals surface area (Å²) in [6.45, 7) is 13.6. The van der Waals surface area contributed by atoms with Crippen molar-refractivity contribution in [3.05, 3.63) is 0 Å². The number of hydrogen-bond donors (Lipinski definition) is 1. The van der Waals surface area contributed by atoms with Gasteiger partial charge in [0.25, 0.3) is 0 Å². The third kappa shape index (κ3) is 6.48. The number of likely N-dealkylation sites (N-methyl/N-ethyl adjacent to an activating group) is 1. The maximum atomic E-state index is 8.98. The van der Waals surface area contributed by atoms with E-state index in [0.717, 1.165) is 19.6 Å². The monoisotopic (exact) mass is 211 g/mol. The second-order valence-electron chi connectivity index (χ2n) is 4.68. The van der Waals surface area contributed by atoms with Gasteiger partial charge >= 0.3 is 0 Å². The van der Waals surface area contributed by atoms with Gasteiger partial charge in [-0.2, -0.15) is 5.26 Å². The fraction of sp³-hybridized carbons (Fsp3) is 0.917. The highest BCUT2D eigenvalue weighted by atomic mass is 15.2. The van der Waals surface area contributed by atoms with Gasteiger partial charge in [-0.05, 0) is 26.3 Å². The van der Waals surface area contributed by atoms with Crippen LogP contribution in [0.15, 0.2) is 0 Å². The first-order valence-corrected chi connectivity index (χ1v) is 5.88. The molecule has 1 N–H and O–H groups in total. The number of nitriles is 1. The van der Waals surface area contributed by atoms with Gasteiger partial charge < -0.3 is 5.32 Å². The van der Waals surface area contributed by atoms with E-state index in [-0.39, 0.29) is 6.04 Å². The van der Waals surface area contributed by atoms with Crippen LogP contribution in [0.3, 0.4) is 0 Å². The molecule has 0 aliphatic carbocycles. The standard InChI is InChI=1S/C12H25N3/c1-6-14-12(7-13)9-15(11(4)5)8-10(2)3/h10-12,14H,6,8-9H2,1-5H3. The quantitative estimate of drug-likeness (QED) is 0.698. The molecule has 0 bridgehead atoms. The molecule has 0 rings (SSSR count). The summed E-state index contributed by atoms with van der Waals surface area (Å²) in [6.07, 6.45) is 0. The first kappa shape index (κ1) is 14.4. The zero-order valence-electron chi connectivity index (χ0n) is 10.7. The summed E-state index contributed by atoms with van der Waals surface area (Å²) in [5, 5.41) is 12.2. The summed E-state index contributed by atoms with van der Waals surface area (Å²) in [5.41, 5.74) is 0. The first-order valence-electron chi connectivity index (χ1n) is 5.88. The second-order valence-corrected chi connectivity index (χ2v) is 4.68. The van der Waals surface area contributed by atoms with Gasteiger partial charge in [0.05, 0.1) is 6.07 Å². The van der Waals surface area contributed by atoms with Crippen LogP contribution in [0.1, 0.15) is 34.6 Å². The summed E-state index contributed by atoms with van der Waals surface area (Å²) < 4.78 is 0. The molecule has 0 radical (unpaired) electrons. The molecule has 0 aromatic rings. The molecular weight excluding hydrogens is 186 g/mol. The van der Waals surface area contributed by atoms with Crippen LogP contribution < -0.4 is 5.32 Å². The highest BCUT2D eigenvalue weighted by molar-refractivity contribution is 4.92. The molecule has 0 aromatic heterocycles. The van der Waals surface area contributed by atoms with Crippen LogP contribution in [-0.4, -0.2) is 36.6 Å². The molecule has 0 fully saturated rings. The molecule has 0 saturated carbocycles. The van der Waals surface area contributed by atoms with E-state index in [0.29, 0.717) is 12.0 Å². The van der Waals surface area contributed by atoms with Crippen LogP contribution in [0.25, 0.3) is 0 Å². The fourth-order valence-corrected chi connectivity index (χ4v) is 1.60. The highest BCUT2D eigenvalue weighted by Gasteiger charge is 2.16. The molecule has 3 heteroatoms. The first-order chi connectivity index (χ1) is 7.01. The van der Waals surface area contributed by atoms with Gasteiger partial charge in [-0.25, -0.2) is 0 Å². The van der Waals surface area contributed by atoms with Gasteiger partial charge in [0.2, 0.25) is 0 Å². The lowest BCUT2D eigenvalue weighted by atomic mass is 10.1. The zero-order chi connectivity index (χ0) is 11.8. The number of hydrogen-bond acceptors (Lipinski definition) is 3. The topological polar surface area (TPSA) is 39.1 Å². The van der Waals surface area contributed by atoms with Crippen LogP contribution in [-0.2, 0) is 0 Å². The Kier molecular flexibility index (Phi) is 7.37. The van der Waals surface area contributed by atoms with E-state index in [4.69, 9.17) is 5.26 Å². The minimum atomic E-state index is -0.0452. The Morgan fingerprint density at radius 3 is 2.13 bits per heavy atom. The Morgan fingerprint density at radius 2 is 1.80 bits per heavy atom. The summed E-state index contributed by atoms with van der Waals surface area (Å²) in [6, 6.07) is 2.77. The van der Waals surface area contributed by atoms with Crippen molar-refractivity contribution >= 4 is 0 Å². The SMILES string of the molecule is CCNC(C#N)CN(CC(C)C)C(C)C. The van der Waals surface area contributed by atoms with Crippen molar-refractivity contribution in [2.24, 2.45) is 5.92 Å².